The average molecular weight is 1630 g/mol. The van der Waals surface area contributed by atoms with Gasteiger partial charge in [0.1, 0.15) is 11.9 Å². The Morgan fingerprint density at radius 2 is 0.475 bits per heavy atom. The smallest absolute Gasteiger partial charge is 0.314 e. The summed E-state index contributed by atoms with van der Waals surface area (Å²) in [5.74, 6) is 26.9. The van der Waals surface area contributed by atoms with E-state index in [1.807, 2.05) is 12.1 Å². The molecule has 5 nitrogen and oxygen atoms in total. The standard InChI is InChI=1S/C32H58.C27H46O2.C27H40O2.C27H48O/c1-3-5-25-9-17-29(18-10-25)31-21-13-27(14-22-31)7-8-28-15-23-32(24-16-28)30-19-11-26(6-4-2)12-20-30;2*1-19-3-7-21(8-4-19)23-11-13-25(14-12-23)27(28)29-26-17-15-24(16-18-26)22-9-5-20(2)6-10-22;1-20-3-9-23(10-4-20)25-13-7-22(8-14-25)19-28-27-17-15-26(16-18-27)24-11-5-21(2)6-12-24/h25-32H,3-24H2,1-2H3;19-26H,3-18H2,1-2H3;15-23,25H,3-14H2,1-2H3;20-27H,3-19H2,1-2H3. The maximum absolute atomic E-state index is 12.8. The maximum Gasteiger partial charge on any atom is 0.314 e. The molecule has 0 N–H and O–H groups in total. The van der Waals surface area contributed by atoms with E-state index in [-0.39, 0.29) is 29.9 Å². The summed E-state index contributed by atoms with van der Waals surface area (Å²) in [5.41, 5.74) is 1.42. The molecule has 0 aliphatic heterocycles. The summed E-state index contributed by atoms with van der Waals surface area (Å²) >= 11 is 0. The normalized spacial score (nSPS) is 41.7. The first-order chi connectivity index (χ1) is 57.6. The zero-order valence-corrected chi connectivity index (χ0v) is 79.0. The predicted octanol–water partition coefficient (Wildman–Crippen LogP) is 33.7. The number of rotatable bonds is 22. The Hall–Kier alpha value is -1.88. The molecule has 0 radical (unpaired) electrons. The summed E-state index contributed by atoms with van der Waals surface area (Å²) in [5, 5.41) is 0. The molecule has 0 unspecified atom stereocenters. The van der Waals surface area contributed by atoms with E-state index in [4.69, 9.17) is 14.2 Å². The maximum atomic E-state index is 12.8. The first-order valence-corrected chi connectivity index (χ1v) is 54.7. The molecule has 0 saturated heterocycles. The topological polar surface area (TPSA) is 61.8 Å². The molecule has 15 saturated carbocycles. The molecule has 15 fully saturated rings. The summed E-state index contributed by atoms with van der Waals surface area (Å²) in [4.78, 5) is 25.5. The fraction of sp³-hybridized carbons (Fsp3) is 0.929. The van der Waals surface area contributed by atoms with Crippen LogP contribution in [0.15, 0.2) is 24.3 Å². The number of benzene rings is 1. The fourth-order valence-corrected chi connectivity index (χ4v) is 29.9. The van der Waals surface area contributed by atoms with Gasteiger partial charge in [-0.25, -0.2) is 0 Å². The molecule has 0 bridgehead atoms. The minimum atomic E-state index is -0.0000393. The molecule has 15 aliphatic carbocycles. The van der Waals surface area contributed by atoms with Crippen LogP contribution in [-0.2, 0) is 19.1 Å². The van der Waals surface area contributed by atoms with Crippen molar-refractivity contribution in [3.63, 3.8) is 0 Å². The van der Waals surface area contributed by atoms with Gasteiger partial charge in [-0.3, -0.25) is 9.59 Å². The first kappa shape index (κ1) is 93.8. The van der Waals surface area contributed by atoms with Crippen LogP contribution < -0.4 is 4.74 Å². The zero-order valence-electron chi connectivity index (χ0n) is 79.0. The first-order valence-electron chi connectivity index (χ1n) is 54.7. The highest BCUT2D eigenvalue weighted by molar-refractivity contribution is 5.75. The van der Waals surface area contributed by atoms with Crippen LogP contribution in [-0.4, -0.2) is 30.8 Å². The van der Waals surface area contributed by atoms with Gasteiger partial charge in [0.05, 0.1) is 17.9 Å². The highest BCUT2D eigenvalue weighted by Gasteiger charge is 2.41. The zero-order chi connectivity index (χ0) is 82.0. The molecule has 0 amide bonds. The van der Waals surface area contributed by atoms with E-state index in [0.717, 1.165) is 199 Å². The quantitative estimate of drug-likeness (QED) is 0.0855. The molecule has 118 heavy (non-hydrogen) atoms. The number of ether oxygens (including phenoxy) is 3. The minimum Gasteiger partial charge on any atom is -0.462 e. The second-order valence-corrected chi connectivity index (χ2v) is 47.2. The molecule has 1 aromatic rings. The van der Waals surface area contributed by atoms with Crippen molar-refractivity contribution in [1.82, 2.24) is 0 Å². The molecule has 1 aromatic carbocycles. The Morgan fingerprint density at radius 3 is 0.763 bits per heavy atom. The van der Waals surface area contributed by atoms with Gasteiger partial charge >= 0.3 is 11.9 Å². The second kappa shape index (κ2) is 49.5. The Kier molecular flexibility index (Phi) is 39.3. The molecular formula is C113H192O5. The number of hydrogen-bond donors (Lipinski definition) is 0. The number of carbonyl (C=O) groups excluding carboxylic acids is 2. The number of carbonyl (C=O) groups is 2. The van der Waals surface area contributed by atoms with Gasteiger partial charge in [0, 0.05) is 6.61 Å². The molecule has 15 aliphatic rings. The van der Waals surface area contributed by atoms with Crippen LogP contribution in [0.1, 0.15) is 491 Å². The number of esters is 2. The van der Waals surface area contributed by atoms with E-state index in [2.05, 4.69) is 67.5 Å². The Labute approximate surface area is 730 Å². The van der Waals surface area contributed by atoms with Crippen LogP contribution in [0.5, 0.6) is 5.75 Å². The summed E-state index contributed by atoms with van der Waals surface area (Å²) < 4.78 is 18.3. The summed E-state index contributed by atoms with van der Waals surface area (Å²) in [7, 11) is 0. The highest BCUT2D eigenvalue weighted by atomic mass is 16.5. The van der Waals surface area contributed by atoms with E-state index in [1.165, 1.54) is 275 Å². The monoisotopic (exact) mass is 1630 g/mol. The Bertz CT molecular complexity index is 2720. The van der Waals surface area contributed by atoms with Crippen molar-refractivity contribution in [2.75, 3.05) is 6.61 Å². The Balaban J connectivity index is 0.000000137. The SMILES string of the molecule is CC1CCC(C2CCC(COC3CCC(C4CCC(C)CC4)CC3)CC2)CC1.CC1CCC(C2CCC(OC(=O)C3CCC(C4CCC(C)CC4)CC3)CC2)CC1.CC1CCC(c2ccc(OC(=O)C3CCC(C4CCC(C)CC4)CC3)cc2)CC1.CCCC1CCC(C2CCC(CCC3CCC(C4CCC(CCC)CC4)CC3)CC2)CC1. The average Bonchev–Trinajstić information content (AvgIpc) is 0.827. The molecular weight excluding hydrogens is 1440 g/mol. The van der Waals surface area contributed by atoms with Crippen molar-refractivity contribution >= 4 is 11.9 Å². The lowest BCUT2D eigenvalue weighted by atomic mass is 9.67. The minimum absolute atomic E-state index is 0.0000393. The van der Waals surface area contributed by atoms with E-state index in [1.54, 1.807) is 116 Å². The van der Waals surface area contributed by atoms with Gasteiger partial charge in [-0.15, -0.1) is 0 Å². The van der Waals surface area contributed by atoms with Gasteiger partial charge in [-0.2, -0.15) is 0 Å². The molecule has 674 valence electrons. The fourth-order valence-electron chi connectivity index (χ4n) is 29.9. The Morgan fingerprint density at radius 1 is 0.246 bits per heavy atom. The van der Waals surface area contributed by atoms with Crippen molar-refractivity contribution in [2.45, 2.75) is 497 Å². The van der Waals surface area contributed by atoms with Crippen molar-refractivity contribution < 1.29 is 23.8 Å². The second-order valence-electron chi connectivity index (χ2n) is 47.2. The molecule has 0 aromatic heterocycles. The van der Waals surface area contributed by atoms with Gasteiger partial charge in [0.25, 0.3) is 0 Å². The summed E-state index contributed by atoms with van der Waals surface area (Å²) in [6.07, 6.45) is 94.9. The van der Waals surface area contributed by atoms with Crippen molar-refractivity contribution in [1.29, 1.82) is 0 Å². The van der Waals surface area contributed by atoms with Gasteiger partial charge in [-0.1, -0.05) is 234 Å². The summed E-state index contributed by atoms with van der Waals surface area (Å²) in [6, 6.07) is 8.40. The highest BCUT2D eigenvalue weighted by Crippen LogP contribution is 2.51. The lowest BCUT2D eigenvalue weighted by Crippen LogP contribution is -2.33. The van der Waals surface area contributed by atoms with Gasteiger partial charge < -0.3 is 14.2 Å². The van der Waals surface area contributed by atoms with Gasteiger partial charge in [0.2, 0.25) is 0 Å². The van der Waals surface area contributed by atoms with E-state index >= 15 is 0 Å². The van der Waals surface area contributed by atoms with Gasteiger partial charge in [0.15, 0.2) is 0 Å². The third-order valence-corrected chi connectivity index (χ3v) is 38.9. The van der Waals surface area contributed by atoms with Crippen LogP contribution in [0, 0.1) is 160 Å². The third kappa shape index (κ3) is 29.6. The van der Waals surface area contributed by atoms with E-state index in [0.29, 0.717) is 12.0 Å². The molecule has 5 heteroatoms. The van der Waals surface area contributed by atoms with Crippen molar-refractivity contribution in [2.24, 2.45) is 160 Å². The molecule has 0 heterocycles. The number of hydrogen-bond acceptors (Lipinski definition) is 5. The molecule has 0 spiro atoms. The predicted molar refractivity (Wildman–Crippen MR) is 499 cm³/mol. The third-order valence-electron chi connectivity index (χ3n) is 38.9. The van der Waals surface area contributed by atoms with Crippen molar-refractivity contribution in [3.05, 3.63) is 29.8 Å². The van der Waals surface area contributed by atoms with Crippen LogP contribution >= 0.6 is 0 Å². The van der Waals surface area contributed by atoms with E-state index in [9.17, 15) is 9.59 Å². The molecule has 0 atom stereocenters. The van der Waals surface area contributed by atoms with Crippen LogP contribution in [0.4, 0.5) is 0 Å². The largest absolute Gasteiger partial charge is 0.462 e. The van der Waals surface area contributed by atoms with Crippen LogP contribution in [0.2, 0.25) is 0 Å². The lowest BCUT2D eigenvalue weighted by Gasteiger charge is -2.39. The lowest BCUT2D eigenvalue weighted by molar-refractivity contribution is -0.158. The molecule has 16 rings (SSSR count). The van der Waals surface area contributed by atoms with Gasteiger partial charge in [-0.05, 0) is 428 Å². The van der Waals surface area contributed by atoms with Crippen molar-refractivity contribution in [3.8, 4) is 5.75 Å². The van der Waals surface area contributed by atoms with Crippen LogP contribution in [0.25, 0.3) is 0 Å². The van der Waals surface area contributed by atoms with E-state index < -0.39 is 0 Å². The summed E-state index contributed by atoms with van der Waals surface area (Å²) in [6.45, 7) is 20.3. The van der Waals surface area contributed by atoms with Crippen LogP contribution in [0.3, 0.4) is 0 Å².